The summed E-state index contributed by atoms with van der Waals surface area (Å²) >= 11 is 6.85. The molecule has 162 valence electrons. The molecule has 3 aromatic heterocycles. The van der Waals surface area contributed by atoms with Gasteiger partial charge >= 0.3 is 0 Å². The summed E-state index contributed by atoms with van der Waals surface area (Å²) in [5, 5.41) is 8.09. The largest absolute Gasteiger partial charge is 0.465 e. The van der Waals surface area contributed by atoms with Crippen molar-refractivity contribution in [3.05, 3.63) is 48.2 Å². The van der Waals surface area contributed by atoms with E-state index in [1.54, 1.807) is 18.5 Å². The first kappa shape index (κ1) is 21.5. The van der Waals surface area contributed by atoms with Gasteiger partial charge in [0.05, 0.1) is 6.54 Å². The van der Waals surface area contributed by atoms with E-state index in [0.29, 0.717) is 28.7 Å². The van der Waals surface area contributed by atoms with Crippen LogP contribution in [0.5, 0.6) is 0 Å². The lowest BCUT2D eigenvalue weighted by Crippen LogP contribution is -2.35. The summed E-state index contributed by atoms with van der Waals surface area (Å²) < 4.78 is 5.57. The van der Waals surface area contributed by atoms with Gasteiger partial charge in [0, 0.05) is 31.5 Å². The van der Waals surface area contributed by atoms with E-state index in [4.69, 9.17) is 21.6 Å². The fourth-order valence-electron chi connectivity index (χ4n) is 3.41. The second kappa shape index (κ2) is 10.1. The van der Waals surface area contributed by atoms with Crippen LogP contribution in [0.2, 0.25) is 0 Å². The molecule has 1 aliphatic rings. The molecular formula is C21H25N7OS2. The number of aromatic nitrogens is 4. The van der Waals surface area contributed by atoms with Gasteiger partial charge < -0.3 is 20.0 Å². The van der Waals surface area contributed by atoms with Crippen molar-refractivity contribution >= 4 is 40.9 Å². The number of furan rings is 1. The number of hydrogen-bond donors (Lipinski definition) is 2. The van der Waals surface area contributed by atoms with Gasteiger partial charge in [-0.3, -0.25) is 0 Å². The molecule has 1 aliphatic heterocycles. The smallest absolute Gasteiger partial charge is 0.232 e. The molecule has 4 heterocycles. The van der Waals surface area contributed by atoms with Crippen molar-refractivity contribution in [1.29, 1.82) is 0 Å². The molecule has 1 atom stereocenters. The van der Waals surface area contributed by atoms with Gasteiger partial charge in [-0.1, -0.05) is 6.92 Å². The Balaban J connectivity index is 1.51. The van der Waals surface area contributed by atoms with Crippen molar-refractivity contribution in [2.75, 3.05) is 23.3 Å². The fraction of sp³-hybridized carbons (Fsp3) is 0.381. The third kappa shape index (κ3) is 6.14. The van der Waals surface area contributed by atoms with Crippen LogP contribution >= 0.6 is 24.0 Å². The lowest BCUT2D eigenvalue weighted by atomic mass is 10.0. The van der Waals surface area contributed by atoms with Gasteiger partial charge in [0.1, 0.15) is 22.4 Å². The number of hydrogen-bond acceptors (Lipinski definition) is 8. The topological polar surface area (TPSA) is 92.0 Å². The second-order valence-electron chi connectivity index (χ2n) is 7.53. The van der Waals surface area contributed by atoms with Crippen LogP contribution in [0.3, 0.4) is 0 Å². The van der Waals surface area contributed by atoms with E-state index in [-0.39, 0.29) is 0 Å². The Hall–Kier alpha value is -2.72. The van der Waals surface area contributed by atoms with E-state index in [1.165, 1.54) is 18.2 Å². The average molecular weight is 456 g/mol. The molecule has 0 aromatic carbocycles. The van der Waals surface area contributed by atoms with E-state index in [0.717, 1.165) is 41.9 Å². The minimum Gasteiger partial charge on any atom is -0.465 e. The van der Waals surface area contributed by atoms with E-state index in [9.17, 15) is 0 Å². The van der Waals surface area contributed by atoms with Crippen molar-refractivity contribution in [1.82, 2.24) is 25.3 Å². The quantitative estimate of drug-likeness (QED) is 0.322. The first-order valence-corrected chi connectivity index (χ1v) is 11.5. The standard InChI is InChI=1S/C21H25N7OS2/c1-14-5-3-10-28(13-14)17-11-18(31-21-22-8-4-9-23-21)26-19(25-17)27-20(30)24-12-16-7-6-15(2)29-16/h4,6-9,11,14H,3,5,10,12-13H2,1-2H3,(H2,24,25,26,27,30)/t14-/m0/s1. The molecule has 0 amide bonds. The van der Waals surface area contributed by atoms with Gasteiger partial charge in [-0.25, -0.2) is 15.0 Å². The lowest BCUT2D eigenvalue weighted by molar-refractivity contribution is 0.444. The minimum atomic E-state index is 0.435. The summed E-state index contributed by atoms with van der Waals surface area (Å²) in [7, 11) is 0. The number of anilines is 2. The summed E-state index contributed by atoms with van der Waals surface area (Å²) in [5.74, 6) is 3.64. The van der Waals surface area contributed by atoms with Crippen LogP contribution < -0.4 is 15.5 Å². The minimum absolute atomic E-state index is 0.435. The van der Waals surface area contributed by atoms with Crippen molar-refractivity contribution in [2.45, 2.75) is 43.4 Å². The first-order valence-electron chi connectivity index (χ1n) is 10.2. The van der Waals surface area contributed by atoms with E-state index in [1.807, 2.05) is 25.1 Å². The second-order valence-corrected chi connectivity index (χ2v) is 8.93. The number of aryl methyl sites for hydroxylation is 1. The lowest BCUT2D eigenvalue weighted by Gasteiger charge is -2.32. The van der Waals surface area contributed by atoms with Crippen LogP contribution in [0.15, 0.2) is 51.3 Å². The Kier molecular flexibility index (Phi) is 6.98. The molecule has 1 fully saturated rings. The molecule has 8 nitrogen and oxygen atoms in total. The molecule has 10 heteroatoms. The maximum atomic E-state index is 5.57. The summed E-state index contributed by atoms with van der Waals surface area (Å²) in [5.41, 5.74) is 0. The number of piperidine rings is 1. The number of thiocarbonyl (C=S) groups is 1. The molecule has 0 spiro atoms. The molecule has 1 saturated heterocycles. The van der Waals surface area contributed by atoms with Crippen molar-refractivity contribution in [2.24, 2.45) is 5.92 Å². The van der Waals surface area contributed by atoms with Crippen LogP contribution in [0.25, 0.3) is 0 Å². The monoisotopic (exact) mass is 455 g/mol. The van der Waals surface area contributed by atoms with Crippen LogP contribution in [0.1, 0.15) is 31.3 Å². The molecular weight excluding hydrogens is 430 g/mol. The Labute approximate surface area is 191 Å². The maximum absolute atomic E-state index is 5.57. The predicted octanol–water partition coefficient (Wildman–Crippen LogP) is 4.04. The van der Waals surface area contributed by atoms with Crippen molar-refractivity contribution in [3.63, 3.8) is 0 Å². The molecule has 0 radical (unpaired) electrons. The normalized spacial score (nSPS) is 16.2. The number of rotatable bonds is 6. The van der Waals surface area contributed by atoms with Gasteiger partial charge in [0.2, 0.25) is 5.95 Å². The SMILES string of the molecule is Cc1ccc(CNC(=S)Nc2nc(Sc3ncccn3)cc(N3CCC[C@H](C)C3)n2)o1. The average Bonchev–Trinajstić information content (AvgIpc) is 3.18. The van der Waals surface area contributed by atoms with Gasteiger partial charge in [-0.05, 0) is 67.9 Å². The van der Waals surface area contributed by atoms with E-state index >= 15 is 0 Å². The Morgan fingerprint density at radius 2 is 2.13 bits per heavy atom. The van der Waals surface area contributed by atoms with Crippen LogP contribution in [0.4, 0.5) is 11.8 Å². The fourth-order valence-corrected chi connectivity index (χ4v) is 4.28. The first-order chi connectivity index (χ1) is 15.0. The zero-order valence-corrected chi connectivity index (χ0v) is 19.2. The molecule has 0 bridgehead atoms. The summed E-state index contributed by atoms with van der Waals surface area (Å²) in [6.45, 7) is 6.63. The van der Waals surface area contributed by atoms with E-state index in [2.05, 4.69) is 37.4 Å². The Morgan fingerprint density at radius 1 is 1.29 bits per heavy atom. The van der Waals surface area contributed by atoms with Crippen LogP contribution in [-0.4, -0.2) is 38.1 Å². The van der Waals surface area contributed by atoms with Crippen molar-refractivity contribution < 1.29 is 4.42 Å². The van der Waals surface area contributed by atoms with Gasteiger partial charge in [-0.15, -0.1) is 0 Å². The van der Waals surface area contributed by atoms with Gasteiger partial charge in [0.15, 0.2) is 10.3 Å². The predicted molar refractivity (Wildman–Crippen MR) is 125 cm³/mol. The summed E-state index contributed by atoms with van der Waals surface area (Å²) in [6.07, 6.45) is 5.84. The zero-order chi connectivity index (χ0) is 21.6. The zero-order valence-electron chi connectivity index (χ0n) is 17.5. The summed E-state index contributed by atoms with van der Waals surface area (Å²) in [6, 6.07) is 7.64. The van der Waals surface area contributed by atoms with Gasteiger partial charge in [-0.2, -0.15) is 4.98 Å². The molecule has 3 aromatic rings. The van der Waals surface area contributed by atoms with Gasteiger partial charge in [0.25, 0.3) is 0 Å². The highest BCUT2D eigenvalue weighted by atomic mass is 32.2. The molecule has 0 saturated carbocycles. The van der Waals surface area contributed by atoms with E-state index < -0.39 is 0 Å². The highest BCUT2D eigenvalue weighted by Crippen LogP contribution is 2.29. The highest BCUT2D eigenvalue weighted by Gasteiger charge is 2.20. The Morgan fingerprint density at radius 3 is 2.87 bits per heavy atom. The molecule has 0 aliphatic carbocycles. The third-order valence-corrected chi connectivity index (χ3v) is 5.91. The Bertz CT molecular complexity index is 1030. The maximum Gasteiger partial charge on any atom is 0.232 e. The number of nitrogens with zero attached hydrogens (tertiary/aromatic N) is 5. The summed E-state index contributed by atoms with van der Waals surface area (Å²) in [4.78, 5) is 20.2. The molecule has 0 unspecified atom stereocenters. The third-order valence-electron chi connectivity index (χ3n) is 4.85. The molecule has 31 heavy (non-hydrogen) atoms. The van der Waals surface area contributed by atoms with Crippen LogP contribution in [0, 0.1) is 12.8 Å². The molecule has 2 N–H and O–H groups in total. The number of nitrogens with one attached hydrogen (secondary N) is 2. The van der Waals surface area contributed by atoms with Crippen LogP contribution in [-0.2, 0) is 6.54 Å². The van der Waals surface area contributed by atoms with Crippen molar-refractivity contribution in [3.8, 4) is 0 Å². The highest BCUT2D eigenvalue weighted by molar-refractivity contribution is 7.99. The molecule has 4 rings (SSSR count).